The maximum absolute atomic E-state index is 5.38. The molecule has 0 spiro atoms. The first-order chi connectivity index (χ1) is 8.42. The van der Waals surface area contributed by atoms with Crippen LogP contribution in [-0.4, -0.2) is 43.8 Å². The molecule has 1 atom stereocenters. The Morgan fingerprint density at radius 3 is 2.67 bits per heavy atom. The molecule has 100 valence electrons. The fraction of sp³-hybridized carbons (Fsp3) is 0.571. The van der Waals surface area contributed by atoms with E-state index in [2.05, 4.69) is 34.5 Å². The Morgan fingerprint density at radius 2 is 1.89 bits per heavy atom. The number of hydrogen-bond acceptors (Lipinski definition) is 3. The number of ether oxygens (including phenoxy) is 1. The Kier molecular flexibility index (Phi) is 5.01. The summed E-state index contributed by atoms with van der Waals surface area (Å²) in [5, 5.41) is 3.64. The van der Waals surface area contributed by atoms with E-state index >= 15 is 0 Å². The van der Waals surface area contributed by atoms with Crippen LogP contribution in [0, 0.1) is 0 Å². The summed E-state index contributed by atoms with van der Waals surface area (Å²) in [6, 6.07) is 9.37. The highest BCUT2D eigenvalue weighted by Crippen LogP contribution is 2.16. The number of hydrogen-bond donors (Lipinski definition) is 1. The van der Waals surface area contributed by atoms with Crippen LogP contribution in [0.2, 0.25) is 0 Å². The average Bonchev–Trinajstić information content (AvgIpc) is 2.40. The van der Waals surface area contributed by atoms with E-state index in [9.17, 15) is 0 Å². The van der Waals surface area contributed by atoms with Gasteiger partial charge < -0.3 is 10.1 Å². The zero-order valence-corrected chi connectivity index (χ0v) is 11.4. The second-order valence-electron chi connectivity index (χ2n) is 4.96. The molecule has 3 rings (SSSR count). The lowest BCUT2D eigenvalue weighted by molar-refractivity contribution is 0.0331. The maximum Gasteiger partial charge on any atom is 0.0594 e. The van der Waals surface area contributed by atoms with Crippen molar-refractivity contribution >= 4 is 12.4 Å². The molecule has 0 aliphatic carbocycles. The number of fused-ring (bicyclic) bond motifs is 1. The highest BCUT2D eigenvalue weighted by atomic mass is 35.5. The topological polar surface area (TPSA) is 24.5 Å². The third-order valence-electron chi connectivity index (χ3n) is 3.75. The second-order valence-corrected chi connectivity index (χ2v) is 4.96. The number of nitrogens with one attached hydrogen (secondary N) is 1. The summed E-state index contributed by atoms with van der Waals surface area (Å²) >= 11 is 0. The van der Waals surface area contributed by atoms with Crippen molar-refractivity contribution in [3.05, 3.63) is 35.4 Å². The fourth-order valence-electron chi connectivity index (χ4n) is 2.75. The molecule has 0 unspecified atom stereocenters. The second kappa shape index (κ2) is 6.53. The van der Waals surface area contributed by atoms with Gasteiger partial charge in [-0.15, -0.1) is 12.4 Å². The zero-order valence-electron chi connectivity index (χ0n) is 10.6. The summed E-state index contributed by atoms with van der Waals surface area (Å²) in [5.74, 6) is 0. The van der Waals surface area contributed by atoms with Gasteiger partial charge in [-0.2, -0.15) is 0 Å². The molecule has 0 bridgehead atoms. The predicted octanol–water partition coefficient (Wildman–Crippen LogP) is 1.45. The lowest BCUT2D eigenvalue weighted by atomic mass is 9.95. The van der Waals surface area contributed by atoms with E-state index in [0.29, 0.717) is 6.04 Å². The summed E-state index contributed by atoms with van der Waals surface area (Å²) in [5.41, 5.74) is 2.98. The van der Waals surface area contributed by atoms with Gasteiger partial charge in [-0.05, 0) is 17.5 Å². The average molecular weight is 269 g/mol. The molecule has 0 radical (unpaired) electrons. The maximum atomic E-state index is 5.38. The summed E-state index contributed by atoms with van der Waals surface area (Å²) < 4.78 is 5.38. The molecule has 2 aliphatic rings. The van der Waals surface area contributed by atoms with Crippen molar-refractivity contribution in [2.45, 2.75) is 19.0 Å². The van der Waals surface area contributed by atoms with Gasteiger partial charge in [-0.25, -0.2) is 0 Å². The first-order valence-electron chi connectivity index (χ1n) is 6.52. The van der Waals surface area contributed by atoms with E-state index in [4.69, 9.17) is 4.74 Å². The van der Waals surface area contributed by atoms with Crippen molar-refractivity contribution in [1.82, 2.24) is 10.2 Å². The van der Waals surface area contributed by atoms with Gasteiger partial charge in [0.1, 0.15) is 0 Å². The van der Waals surface area contributed by atoms with Crippen molar-refractivity contribution in [2.24, 2.45) is 0 Å². The summed E-state index contributed by atoms with van der Waals surface area (Å²) in [6.07, 6.45) is 1.16. The molecule has 18 heavy (non-hydrogen) atoms. The highest BCUT2D eigenvalue weighted by Gasteiger charge is 2.20. The molecular formula is C14H21ClN2O. The van der Waals surface area contributed by atoms with Crippen LogP contribution in [-0.2, 0) is 17.7 Å². The van der Waals surface area contributed by atoms with E-state index in [1.165, 1.54) is 11.1 Å². The monoisotopic (exact) mass is 268 g/mol. The molecule has 1 aromatic rings. The van der Waals surface area contributed by atoms with Gasteiger partial charge in [-0.1, -0.05) is 24.3 Å². The van der Waals surface area contributed by atoms with Crippen molar-refractivity contribution in [2.75, 3.05) is 32.8 Å². The molecule has 0 saturated carbocycles. The van der Waals surface area contributed by atoms with E-state index < -0.39 is 0 Å². The van der Waals surface area contributed by atoms with Gasteiger partial charge in [0.15, 0.2) is 0 Å². The molecule has 1 saturated heterocycles. The van der Waals surface area contributed by atoms with Gasteiger partial charge in [0.25, 0.3) is 0 Å². The van der Waals surface area contributed by atoms with Gasteiger partial charge >= 0.3 is 0 Å². The molecule has 1 N–H and O–H groups in total. The van der Waals surface area contributed by atoms with Crippen LogP contribution in [0.4, 0.5) is 0 Å². The third-order valence-corrected chi connectivity index (χ3v) is 3.75. The molecule has 3 nitrogen and oxygen atoms in total. The molecule has 0 amide bonds. The zero-order chi connectivity index (χ0) is 11.5. The quantitative estimate of drug-likeness (QED) is 0.879. The SMILES string of the molecule is Cl.c1ccc2c(c1)CN[C@H](CN1CCOCC1)C2. The van der Waals surface area contributed by atoms with Crippen LogP contribution in [0.15, 0.2) is 24.3 Å². The van der Waals surface area contributed by atoms with Crippen LogP contribution < -0.4 is 5.32 Å². The minimum atomic E-state index is 0. The van der Waals surface area contributed by atoms with Gasteiger partial charge in [0, 0.05) is 32.2 Å². The van der Waals surface area contributed by atoms with Gasteiger partial charge in [0.2, 0.25) is 0 Å². The number of nitrogens with zero attached hydrogens (tertiary/aromatic N) is 1. The predicted molar refractivity (Wildman–Crippen MR) is 75.3 cm³/mol. The number of halogens is 1. The largest absolute Gasteiger partial charge is 0.379 e. The van der Waals surface area contributed by atoms with E-state index in [0.717, 1.165) is 45.8 Å². The molecule has 2 aliphatic heterocycles. The first-order valence-corrected chi connectivity index (χ1v) is 6.52. The fourth-order valence-corrected chi connectivity index (χ4v) is 2.75. The van der Waals surface area contributed by atoms with E-state index in [-0.39, 0.29) is 12.4 Å². The van der Waals surface area contributed by atoms with Crippen LogP contribution >= 0.6 is 12.4 Å². The minimum Gasteiger partial charge on any atom is -0.379 e. The number of benzene rings is 1. The molecule has 2 heterocycles. The lowest BCUT2D eigenvalue weighted by Gasteiger charge is -2.33. The normalized spacial score (nSPS) is 24.1. The summed E-state index contributed by atoms with van der Waals surface area (Å²) in [6.45, 7) is 6.12. The van der Waals surface area contributed by atoms with Crippen LogP contribution in [0.3, 0.4) is 0 Å². The Bertz CT molecular complexity index is 380. The molecule has 1 fully saturated rings. The van der Waals surface area contributed by atoms with E-state index in [1.54, 1.807) is 0 Å². The van der Waals surface area contributed by atoms with Crippen LogP contribution in [0.1, 0.15) is 11.1 Å². The number of rotatable bonds is 2. The summed E-state index contributed by atoms with van der Waals surface area (Å²) in [4.78, 5) is 2.51. The molecule has 4 heteroatoms. The smallest absolute Gasteiger partial charge is 0.0594 e. The van der Waals surface area contributed by atoms with Gasteiger partial charge in [0.05, 0.1) is 13.2 Å². The van der Waals surface area contributed by atoms with Crippen molar-refractivity contribution in [3.63, 3.8) is 0 Å². The van der Waals surface area contributed by atoms with Crippen molar-refractivity contribution in [3.8, 4) is 0 Å². The van der Waals surface area contributed by atoms with Crippen LogP contribution in [0.25, 0.3) is 0 Å². The lowest BCUT2D eigenvalue weighted by Crippen LogP contribution is -2.47. The standard InChI is InChI=1S/C14H20N2O.ClH/c1-2-4-13-10-15-14(9-12(13)3-1)11-16-5-7-17-8-6-16;/h1-4,14-15H,5-11H2;1H/t14-;/m0./s1. The first kappa shape index (κ1) is 13.8. The molecule has 0 aromatic heterocycles. The van der Waals surface area contributed by atoms with Crippen molar-refractivity contribution in [1.29, 1.82) is 0 Å². The molecule has 1 aromatic carbocycles. The Labute approximate surface area is 115 Å². The third kappa shape index (κ3) is 3.23. The van der Waals surface area contributed by atoms with Crippen molar-refractivity contribution < 1.29 is 4.74 Å². The van der Waals surface area contributed by atoms with Crippen LogP contribution in [0.5, 0.6) is 0 Å². The molecular weight excluding hydrogens is 248 g/mol. The summed E-state index contributed by atoms with van der Waals surface area (Å²) in [7, 11) is 0. The Morgan fingerprint density at radius 1 is 1.17 bits per heavy atom. The van der Waals surface area contributed by atoms with E-state index in [1.807, 2.05) is 0 Å². The highest BCUT2D eigenvalue weighted by molar-refractivity contribution is 5.85. The Balaban J connectivity index is 0.00000120. The Hall–Kier alpha value is -0.610. The number of morpholine rings is 1. The van der Waals surface area contributed by atoms with Gasteiger partial charge in [-0.3, -0.25) is 4.90 Å². The minimum absolute atomic E-state index is 0.